The van der Waals surface area contributed by atoms with Crippen LogP contribution < -0.4 is 0 Å². The third-order valence-corrected chi connectivity index (χ3v) is 9.09. The zero-order valence-corrected chi connectivity index (χ0v) is 18.6. The summed E-state index contributed by atoms with van der Waals surface area (Å²) in [6, 6.07) is 0. The van der Waals surface area contributed by atoms with E-state index in [-0.39, 0.29) is 26.4 Å². The van der Waals surface area contributed by atoms with Crippen molar-refractivity contribution in [2.75, 3.05) is 52.5 Å². The fourth-order valence-corrected chi connectivity index (χ4v) is 7.59. The van der Waals surface area contributed by atoms with Crippen LogP contribution in [-0.4, -0.2) is 79.7 Å². The van der Waals surface area contributed by atoms with Gasteiger partial charge in [0, 0.05) is 0 Å². The molecule has 0 radical (unpaired) electrons. The Hall–Kier alpha value is 0.0900. The van der Waals surface area contributed by atoms with Crippen molar-refractivity contribution in [3.05, 3.63) is 0 Å². The van der Waals surface area contributed by atoms with Gasteiger partial charge in [-0.3, -0.25) is 9.13 Å². The first kappa shape index (κ1) is 27.1. The van der Waals surface area contributed by atoms with Crippen molar-refractivity contribution < 1.29 is 45.9 Å². The highest BCUT2D eigenvalue weighted by molar-refractivity contribution is 7.87. The summed E-state index contributed by atoms with van der Waals surface area (Å²) >= 11 is 0. The van der Waals surface area contributed by atoms with Crippen molar-refractivity contribution >= 4 is 25.4 Å². The molecule has 12 nitrogen and oxygen atoms in total. The molecule has 0 bridgehead atoms. The lowest BCUT2D eigenvalue weighted by Gasteiger charge is -2.30. The molecular formula is C12H30N2O10P2S. The van der Waals surface area contributed by atoms with Gasteiger partial charge in [-0.25, -0.2) is 0 Å². The molecule has 27 heavy (non-hydrogen) atoms. The summed E-state index contributed by atoms with van der Waals surface area (Å²) in [6.07, 6.45) is -1.59. The SMILES string of the molecule is CCOP(=O)(CN(CO)S(=O)(=O)N(CO)CP(=O)(OCC)OCC)OCC. The van der Waals surface area contributed by atoms with E-state index in [1.165, 1.54) is 0 Å². The second-order valence-corrected chi connectivity index (χ2v) is 10.8. The molecular weight excluding hydrogens is 426 g/mol. The Morgan fingerprint density at radius 1 is 0.704 bits per heavy atom. The molecule has 0 unspecified atom stereocenters. The number of aliphatic hydroxyl groups excluding tert-OH is 2. The van der Waals surface area contributed by atoms with E-state index >= 15 is 0 Å². The maximum absolute atomic E-state index is 12.7. The highest BCUT2D eigenvalue weighted by atomic mass is 32.2. The monoisotopic (exact) mass is 456 g/mol. The Labute approximate surface area is 160 Å². The summed E-state index contributed by atoms with van der Waals surface area (Å²) in [5, 5.41) is 19.0. The standard InChI is InChI=1S/C12H30N2O10P2S/c1-5-21-25(17,22-6-2)11-13(9-15)27(19,20)14(10-16)12-26(18,23-7-3)24-8-4/h15-16H,5-12H2,1-4H3. The number of rotatable bonds is 16. The Morgan fingerprint density at radius 3 is 1.15 bits per heavy atom. The minimum atomic E-state index is -4.60. The second kappa shape index (κ2) is 12.6. The van der Waals surface area contributed by atoms with Crippen LogP contribution in [-0.2, 0) is 37.4 Å². The van der Waals surface area contributed by atoms with E-state index in [9.17, 15) is 27.8 Å². The van der Waals surface area contributed by atoms with Crippen LogP contribution in [0.3, 0.4) is 0 Å². The van der Waals surface area contributed by atoms with Gasteiger partial charge in [0.05, 0.1) is 26.4 Å². The number of aliphatic hydroxyl groups is 2. The third-order valence-electron chi connectivity index (χ3n) is 2.93. The van der Waals surface area contributed by atoms with Crippen LogP contribution >= 0.6 is 15.2 Å². The van der Waals surface area contributed by atoms with E-state index in [0.717, 1.165) is 0 Å². The molecule has 0 saturated carbocycles. The van der Waals surface area contributed by atoms with Crippen LogP contribution in [0, 0.1) is 0 Å². The first-order valence-electron chi connectivity index (χ1n) is 8.31. The van der Waals surface area contributed by atoms with Crippen LogP contribution in [0.2, 0.25) is 0 Å². The summed E-state index contributed by atoms with van der Waals surface area (Å²) in [5.74, 6) is 0. The third kappa shape index (κ3) is 8.55. The maximum atomic E-state index is 12.7. The van der Waals surface area contributed by atoms with Crippen molar-refractivity contribution in [3.63, 3.8) is 0 Å². The van der Waals surface area contributed by atoms with Gasteiger partial charge in [0.1, 0.15) is 26.0 Å². The molecule has 0 aromatic heterocycles. The van der Waals surface area contributed by atoms with Gasteiger partial charge in [0.2, 0.25) is 0 Å². The smallest absolute Gasteiger partial charge is 0.345 e. The van der Waals surface area contributed by atoms with Gasteiger partial charge in [-0.05, 0) is 27.7 Å². The molecule has 15 heteroatoms. The summed E-state index contributed by atoms with van der Waals surface area (Å²) in [6.45, 7) is 4.00. The van der Waals surface area contributed by atoms with Gasteiger partial charge in [-0.1, -0.05) is 0 Å². The second-order valence-electron chi connectivity index (χ2n) is 4.87. The Balaban J connectivity index is 5.65. The summed E-state index contributed by atoms with van der Waals surface area (Å²) in [5.41, 5.74) is 0. The molecule has 0 atom stereocenters. The molecule has 0 aromatic carbocycles. The predicted molar refractivity (Wildman–Crippen MR) is 98.2 cm³/mol. The van der Waals surface area contributed by atoms with Crippen LogP contribution in [0.15, 0.2) is 0 Å². The van der Waals surface area contributed by atoms with E-state index in [2.05, 4.69) is 0 Å². The molecule has 0 amide bonds. The quantitative estimate of drug-likeness (QED) is 0.256. The molecule has 0 fully saturated rings. The topological polar surface area (TPSA) is 152 Å². The van der Waals surface area contributed by atoms with Crippen molar-refractivity contribution in [1.29, 1.82) is 0 Å². The normalized spacial score (nSPS) is 13.6. The first-order chi connectivity index (χ1) is 12.6. The molecule has 0 aliphatic carbocycles. The minimum absolute atomic E-state index is 0.00973. The summed E-state index contributed by atoms with van der Waals surface area (Å²) in [4.78, 5) is 0. The molecule has 2 N–H and O–H groups in total. The highest BCUT2D eigenvalue weighted by Gasteiger charge is 2.40. The molecule has 0 rings (SSSR count). The van der Waals surface area contributed by atoms with E-state index in [1.54, 1.807) is 27.7 Å². The van der Waals surface area contributed by atoms with Gasteiger partial charge in [-0.15, -0.1) is 0 Å². The van der Waals surface area contributed by atoms with Crippen molar-refractivity contribution in [1.82, 2.24) is 8.61 Å². The zero-order chi connectivity index (χ0) is 21.1. The fraction of sp³-hybridized carbons (Fsp3) is 1.00. The van der Waals surface area contributed by atoms with Gasteiger partial charge in [0.15, 0.2) is 0 Å². The molecule has 164 valence electrons. The lowest BCUT2D eigenvalue weighted by molar-refractivity contribution is 0.138. The largest absolute Gasteiger partial charge is 0.380 e. The Kier molecular flexibility index (Phi) is 12.7. The molecule has 0 heterocycles. The van der Waals surface area contributed by atoms with Gasteiger partial charge in [-0.2, -0.15) is 17.0 Å². The zero-order valence-electron chi connectivity index (χ0n) is 16.0. The van der Waals surface area contributed by atoms with Crippen LogP contribution in [0.4, 0.5) is 0 Å². The number of hydrogen-bond donors (Lipinski definition) is 2. The Morgan fingerprint density at radius 2 is 0.963 bits per heavy atom. The molecule has 0 aromatic rings. The lowest BCUT2D eigenvalue weighted by Crippen LogP contribution is -2.45. The number of nitrogens with zero attached hydrogens (tertiary/aromatic N) is 2. The summed E-state index contributed by atoms with van der Waals surface area (Å²) in [7, 11) is -12.3. The first-order valence-corrected chi connectivity index (χ1v) is 13.2. The van der Waals surface area contributed by atoms with Crippen molar-refractivity contribution in [3.8, 4) is 0 Å². The molecule has 0 spiro atoms. The van der Waals surface area contributed by atoms with E-state index in [4.69, 9.17) is 18.1 Å². The van der Waals surface area contributed by atoms with E-state index < -0.39 is 51.4 Å². The van der Waals surface area contributed by atoms with Crippen LogP contribution in [0.1, 0.15) is 27.7 Å². The minimum Gasteiger partial charge on any atom is -0.380 e. The Bertz CT molecular complexity index is 551. The van der Waals surface area contributed by atoms with Gasteiger partial charge in [0.25, 0.3) is 10.2 Å². The van der Waals surface area contributed by atoms with Crippen molar-refractivity contribution in [2.45, 2.75) is 27.7 Å². The maximum Gasteiger partial charge on any atom is 0.345 e. The number of hydrogen-bond acceptors (Lipinski definition) is 10. The molecule has 0 aliphatic rings. The lowest BCUT2D eigenvalue weighted by atomic mass is 10.9. The van der Waals surface area contributed by atoms with Gasteiger partial charge < -0.3 is 28.3 Å². The predicted octanol–water partition coefficient (Wildman–Crippen LogP) is 1.18. The fourth-order valence-electron chi connectivity index (χ4n) is 1.96. The summed E-state index contributed by atoms with van der Waals surface area (Å²) < 4.78 is 71.5. The van der Waals surface area contributed by atoms with Crippen molar-refractivity contribution in [2.24, 2.45) is 0 Å². The van der Waals surface area contributed by atoms with Gasteiger partial charge >= 0.3 is 15.2 Å². The highest BCUT2D eigenvalue weighted by Crippen LogP contribution is 2.51. The van der Waals surface area contributed by atoms with Crippen LogP contribution in [0.25, 0.3) is 0 Å². The molecule has 0 saturated heterocycles. The average molecular weight is 456 g/mol. The van der Waals surface area contributed by atoms with Crippen LogP contribution in [0.5, 0.6) is 0 Å². The average Bonchev–Trinajstić information content (AvgIpc) is 2.58. The molecule has 0 aliphatic heterocycles. The van der Waals surface area contributed by atoms with E-state index in [0.29, 0.717) is 8.61 Å². The van der Waals surface area contributed by atoms with E-state index in [1.807, 2.05) is 0 Å².